The fourth-order valence-corrected chi connectivity index (χ4v) is 2.07. The molecule has 4 nitrogen and oxygen atoms in total. The predicted octanol–water partition coefficient (Wildman–Crippen LogP) is 2.81. The summed E-state index contributed by atoms with van der Waals surface area (Å²) in [6.07, 6.45) is -2.42. The van der Waals surface area contributed by atoms with E-state index in [-0.39, 0.29) is 12.6 Å². The molecule has 0 spiro atoms. The molecule has 0 aromatic carbocycles. The van der Waals surface area contributed by atoms with E-state index in [2.05, 4.69) is 5.32 Å². The summed E-state index contributed by atoms with van der Waals surface area (Å²) in [4.78, 5) is 11.8. The number of carbonyl (C=O) groups is 1. The van der Waals surface area contributed by atoms with Gasteiger partial charge in [0.2, 0.25) is 0 Å². The van der Waals surface area contributed by atoms with Gasteiger partial charge in [0.1, 0.15) is 5.54 Å². The maximum Gasteiger partial charge on any atom is 0.414 e. The number of halogens is 3. The van der Waals surface area contributed by atoms with Gasteiger partial charge in [-0.05, 0) is 46.0 Å². The number of carbonyl (C=O) groups excluding carboxylic acids is 1. The second kappa shape index (κ2) is 7.45. The third-order valence-corrected chi connectivity index (χ3v) is 3.64. The Labute approximate surface area is 123 Å². The largest absolute Gasteiger partial charge is 0.468 e. The van der Waals surface area contributed by atoms with Crippen LogP contribution in [-0.4, -0.2) is 43.5 Å². The highest BCUT2D eigenvalue weighted by molar-refractivity contribution is 5.80. The molecule has 0 bridgehead atoms. The summed E-state index contributed by atoms with van der Waals surface area (Å²) < 4.78 is 46.3. The first-order chi connectivity index (χ1) is 9.69. The number of nitrogens with one attached hydrogen (secondary N) is 1. The maximum atomic E-state index is 12.3. The molecule has 1 saturated carbocycles. The lowest BCUT2D eigenvalue weighted by Crippen LogP contribution is -2.51. The minimum absolute atomic E-state index is 0.0291. The lowest BCUT2D eigenvalue weighted by atomic mass is 9.94. The standard InChI is InChI=1S/C14H24F3NO3/c1-10(14(15,16)17)21-9-5-4-8-13(2,12(19)20-3)18-11-6-7-11/h10-11,18H,4-9H2,1-3H3. The molecule has 2 unspecified atom stereocenters. The quantitative estimate of drug-likeness (QED) is 0.525. The van der Waals surface area contributed by atoms with E-state index in [0.717, 1.165) is 19.8 Å². The van der Waals surface area contributed by atoms with Gasteiger partial charge in [-0.15, -0.1) is 0 Å². The Hall–Kier alpha value is -0.820. The highest BCUT2D eigenvalue weighted by atomic mass is 19.4. The van der Waals surface area contributed by atoms with Crippen molar-refractivity contribution in [2.24, 2.45) is 0 Å². The van der Waals surface area contributed by atoms with Crippen LogP contribution in [0, 0.1) is 0 Å². The van der Waals surface area contributed by atoms with Crippen molar-refractivity contribution in [2.75, 3.05) is 13.7 Å². The van der Waals surface area contributed by atoms with Crippen molar-refractivity contribution in [3.05, 3.63) is 0 Å². The first-order valence-electron chi connectivity index (χ1n) is 7.23. The molecule has 1 N–H and O–H groups in total. The monoisotopic (exact) mass is 311 g/mol. The van der Waals surface area contributed by atoms with Gasteiger partial charge in [0.05, 0.1) is 7.11 Å². The second-order valence-corrected chi connectivity index (χ2v) is 5.75. The van der Waals surface area contributed by atoms with Crippen molar-refractivity contribution in [3.63, 3.8) is 0 Å². The van der Waals surface area contributed by atoms with Crippen molar-refractivity contribution < 1.29 is 27.4 Å². The van der Waals surface area contributed by atoms with E-state index < -0.39 is 17.8 Å². The van der Waals surface area contributed by atoms with Gasteiger partial charge in [-0.25, -0.2) is 0 Å². The van der Waals surface area contributed by atoms with Crippen LogP contribution in [0.25, 0.3) is 0 Å². The number of unbranched alkanes of at least 4 members (excludes halogenated alkanes) is 1. The fourth-order valence-electron chi connectivity index (χ4n) is 2.07. The molecule has 0 saturated heterocycles. The summed E-state index contributed by atoms with van der Waals surface area (Å²) in [5, 5.41) is 3.25. The minimum atomic E-state index is -4.33. The summed E-state index contributed by atoms with van der Waals surface area (Å²) in [6.45, 7) is 2.80. The number of alkyl halides is 3. The van der Waals surface area contributed by atoms with Crippen molar-refractivity contribution in [3.8, 4) is 0 Å². The molecule has 1 aliphatic carbocycles. The predicted molar refractivity (Wildman–Crippen MR) is 71.9 cm³/mol. The van der Waals surface area contributed by atoms with Crippen LogP contribution in [-0.2, 0) is 14.3 Å². The SMILES string of the molecule is COC(=O)C(C)(CCCCOC(C)C(F)(F)F)NC1CC1. The summed E-state index contributed by atoms with van der Waals surface area (Å²) in [5.74, 6) is -0.334. The molecule has 0 heterocycles. The van der Waals surface area contributed by atoms with Crippen LogP contribution >= 0.6 is 0 Å². The molecule has 0 aromatic rings. The Balaban J connectivity index is 2.29. The highest BCUT2D eigenvalue weighted by Crippen LogP contribution is 2.26. The van der Waals surface area contributed by atoms with Crippen LogP contribution in [0.2, 0.25) is 0 Å². The van der Waals surface area contributed by atoms with Crippen LogP contribution in [0.4, 0.5) is 13.2 Å². The normalized spacial score (nSPS) is 19.9. The Morgan fingerprint density at radius 1 is 1.33 bits per heavy atom. The molecular formula is C14H24F3NO3. The lowest BCUT2D eigenvalue weighted by molar-refractivity contribution is -0.214. The zero-order chi connectivity index (χ0) is 16.1. The number of hydrogen-bond donors (Lipinski definition) is 1. The van der Waals surface area contributed by atoms with Gasteiger partial charge in [-0.1, -0.05) is 0 Å². The van der Waals surface area contributed by atoms with E-state index in [1.165, 1.54) is 7.11 Å². The average molecular weight is 311 g/mol. The first kappa shape index (κ1) is 18.2. The van der Waals surface area contributed by atoms with E-state index in [1.54, 1.807) is 6.92 Å². The van der Waals surface area contributed by atoms with Gasteiger partial charge in [0, 0.05) is 12.6 Å². The first-order valence-corrected chi connectivity index (χ1v) is 7.23. The van der Waals surface area contributed by atoms with Crippen LogP contribution in [0.3, 0.4) is 0 Å². The maximum absolute atomic E-state index is 12.3. The molecule has 2 atom stereocenters. The topological polar surface area (TPSA) is 47.6 Å². The zero-order valence-corrected chi connectivity index (χ0v) is 12.8. The number of methoxy groups -OCH3 is 1. The molecule has 1 fully saturated rings. The molecule has 0 aliphatic heterocycles. The number of ether oxygens (including phenoxy) is 2. The number of hydrogen-bond acceptors (Lipinski definition) is 4. The van der Waals surface area contributed by atoms with Gasteiger partial charge in [-0.3, -0.25) is 10.1 Å². The summed E-state index contributed by atoms with van der Waals surface area (Å²) in [6, 6.07) is 0.343. The van der Waals surface area contributed by atoms with Crippen molar-refractivity contribution >= 4 is 5.97 Å². The Kier molecular flexibility index (Phi) is 6.46. The molecule has 0 aromatic heterocycles. The van der Waals surface area contributed by atoms with E-state index >= 15 is 0 Å². The third kappa shape index (κ3) is 6.22. The smallest absolute Gasteiger partial charge is 0.414 e. The Morgan fingerprint density at radius 2 is 1.95 bits per heavy atom. The van der Waals surface area contributed by atoms with Gasteiger partial charge < -0.3 is 9.47 Å². The Morgan fingerprint density at radius 3 is 2.43 bits per heavy atom. The molecule has 124 valence electrons. The molecule has 1 rings (SSSR count). The second-order valence-electron chi connectivity index (χ2n) is 5.75. The third-order valence-electron chi connectivity index (χ3n) is 3.64. The molecular weight excluding hydrogens is 287 g/mol. The van der Waals surface area contributed by atoms with Gasteiger partial charge in [0.25, 0.3) is 0 Å². The van der Waals surface area contributed by atoms with E-state index in [0.29, 0.717) is 25.3 Å². The van der Waals surface area contributed by atoms with E-state index in [1.807, 2.05) is 0 Å². The minimum Gasteiger partial charge on any atom is -0.468 e. The van der Waals surface area contributed by atoms with E-state index in [9.17, 15) is 18.0 Å². The molecule has 7 heteroatoms. The van der Waals surface area contributed by atoms with Crippen LogP contribution in [0.5, 0.6) is 0 Å². The van der Waals surface area contributed by atoms with Gasteiger partial charge in [0.15, 0.2) is 6.10 Å². The fraction of sp³-hybridized carbons (Fsp3) is 0.929. The summed E-state index contributed by atoms with van der Waals surface area (Å²) in [7, 11) is 1.34. The number of rotatable bonds is 9. The number of esters is 1. The van der Waals surface area contributed by atoms with Crippen molar-refractivity contribution in [1.29, 1.82) is 0 Å². The molecule has 21 heavy (non-hydrogen) atoms. The Bertz CT molecular complexity index is 345. The lowest BCUT2D eigenvalue weighted by Gasteiger charge is -2.28. The highest BCUT2D eigenvalue weighted by Gasteiger charge is 2.39. The van der Waals surface area contributed by atoms with Gasteiger partial charge >= 0.3 is 12.1 Å². The summed E-state index contributed by atoms with van der Waals surface area (Å²) >= 11 is 0. The molecule has 1 aliphatic rings. The zero-order valence-electron chi connectivity index (χ0n) is 12.8. The molecule has 0 radical (unpaired) electrons. The van der Waals surface area contributed by atoms with E-state index in [4.69, 9.17) is 9.47 Å². The van der Waals surface area contributed by atoms with Crippen LogP contribution in [0.1, 0.15) is 46.0 Å². The van der Waals surface area contributed by atoms with Crippen LogP contribution in [0.15, 0.2) is 0 Å². The van der Waals surface area contributed by atoms with Crippen molar-refractivity contribution in [2.45, 2.75) is 69.8 Å². The van der Waals surface area contributed by atoms with Crippen molar-refractivity contribution in [1.82, 2.24) is 5.32 Å². The average Bonchev–Trinajstić information content (AvgIpc) is 3.19. The van der Waals surface area contributed by atoms with Gasteiger partial charge in [-0.2, -0.15) is 13.2 Å². The molecule has 0 amide bonds. The van der Waals surface area contributed by atoms with Crippen LogP contribution < -0.4 is 5.32 Å². The summed E-state index contributed by atoms with van der Waals surface area (Å²) in [5.41, 5.74) is -0.772.